The molecule has 0 spiro atoms. The zero-order valence-corrected chi connectivity index (χ0v) is 16.1. The Morgan fingerprint density at radius 2 is 1.25 bits per heavy atom. The first kappa shape index (κ1) is 19.2. The standard InChI is InChI=1S/C23H22N2O3/c1-15-7-6-9-19(16(15)2)24-22(26)17-11-13-18(14-12-17)23(27)25-20-8-4-5-10-21(20)28-3/h4-14H,1-3H3,(H,24,26)(H,25,27). The Morgan fingerprint density at radius 1 is 0.714 bits per heavy atom. The summed E-state index contributed by atoms with van der Waals surface area (Å²) in [5.74, 6) is 0.0942. The van der Waals surface area contributed by atoms with Crippen molar-refractivity contribution in [3.63, 3.8) is 0 Å². The van der Waals surface area contributed by atoms with E-state index in [1.165, 1.54) is 0 Å². The number of aryl methyl sites for hydroxylation is 1. The van der Waals surface area contributed by atoms with Gasteiger partial charge in [-0.1, -0.05) is 24.3 Å². The lowest BCUT2D eigenvalue weighted by atomic mass is 10.1. The van der Waals surface area contributed by atoms with Gasteiger partial charge in [0.2, 0.25) is 0 Å². The van der Waals surface area contributed by atoms with Crippen molar-refractivity contribution in [1.82, 2.24) is 0 Å². The SMILES string of the molecule is COc1ccccc1NC(=O)c1ccc(C(=O)Nc2cccc(C)c2C)cc1. The Hall–Kier alpha value is -3.60. The quantitative estimate of drug-likeness (QED) is 0.673. The van der Waals surface area contributed by atoms with Gasteiger partial charge in [-0.15, -0.1) is 0 Å². The van der Waals surface area contributed by atoms with Gasteiger partial charge in [-0.05, 0) is 67.4 Å². The second-order valence-corrected chi connectivity index (χ2v) is 6.43. The normalized spacial score (nSPS) is 10.2. The summed E-state index contributed by atoms with van der Waals surface area (Å²) in [5, 5.41) is 5.73. The predicted molar refractivity (Wildman–Crippen MR) is 111 cm³/mol. The number of para-hydroxylation sites is 2. The second kappa shape index (κ2) is 8.39. The number of hydrogen-bond donors (Lipinski definition) is 2. The Kier molecular flexibility index (Phi) is 5.75. The summed E-state index contributed by atoms with van der Waals surface area (Å²) in [4.78, 5) is 25.0. The first-order valence-electron chi connectivity index (χ1n) is 8.91. The van der Waals surface area contributed by atoms with E-state index in [0.717, 1.165) is 16.8 Å². The maximum absolute atomic E-state index is 12.5. The molecular weight excluding hydrogens is 352 g/mol. The summed E-state index contributed by atoms with van der Waals surface area (Å²) in [5.41, 5.74) is 4.45. The third-order valence-electron chi connectivity index (χ3n) is 4.62. The van der Waals surface area contributed by atoms with E-state index >= 15 is 0 Å². The Labute approximate surface area is 164 Å². The highest BCUT2D eigenvalue weighted by Gasteiger charge is 2.12. The largest absolute Gasteiger partial charge is 0.495 e. The lowest BCUT2D eigenvalue weighted by Crippen LogP contribution is -2.15. The van der Waals surface area contributed by atoms with E-state index in [4.69, 9.17) is 4.74 Å². The van der Waals surface area contributed by atoms with E-state index in [1.807, 2.05) is 44.2 Å². The van der Waals surface area contributed by atoms with Gasteiger partial charge in [-0.25, -0.2) is 0 Å². The molecule has 5 nitrogen and oxygen atoms in total. The van der Waals surface area contributed by atoms with Gasteiger partial charge in [-0.3, -0.25) is 9.59 Å². The number of hydrogen-bond acceptors (Lipinski definition) is 3. The van der Waals surface area contributed by atoms with Gasteiger partial charge in [0, 0.05) is 16.8 Å². The number of methoxy groups -OCH3 is 1. The van der Waals surface area contributed by atoms with Crippen molar-refractivity contribution in [1.29, 1.82) is 0 Å². The monoisotopic (exact) mass is 374 g/mol. The smallest absolute Gasteiger partial charge is 0.255 e. The van der Waals surface area contributed by atoms with E-state index < -0.39 is 0 Å². The molecule has 3 aromatic carbocycles. The average molecular weight is 374 g/mol. The number of benzene rings is 3. The van der Waals surface area contributed by atoms with E-state index in [2.05, 4.69) is 10.6 Å². The van der Waals surface area contributed by atoms with Crippen molar-refractivity contribution >= 4 is 23.2 Å². The van der Waals surface area contributed by atoms with Crippen molar-refractivity contribution in [2.75, 3.05) is 17.7 Å². The Bertz CT molecular complexity index is 1010. The molecule has 0 bridgehead atoms. The number of nitrogens with one attached hydrogen (secondary N) is 2. The molecule has 0 radical (unpaired) electrons. The van der Waals surface area contributed by atoms with E-state index in [9.17, 15) is 9.59 Å². The summed E-state index contributed by atoms with van der Waals surface area (Å²) < 4.78 is 5.24. The van der Waals surface area contributed by atoms with Crippen LogP contribution in [-0.4, -0.2) is 18.9 Å². The highest BCUT2D eigenvalue weighted by Crippen LogP contribution is 2.24. The zero-order valence-electron chi connectivity index (χ0n) is 16.1. The third-order valence-corrected chi connectivity index (χ3v) is 4.62. The minimum atomic E-state index is -0.272. The van der Waals surface area contributed by atoms with Crippen LogP contribution in [-0.2, 0) is 0 Å². The molecule has 0 aliphatic carbocycles. The van der Waals surface area contributed by atoms with Crippen LogP contribution in [0, 0.1) is 13.8 Å². The van der Waals surface area contributed by atoms with E-state index in [1.54, 1.807) is 43.5 Å². The highest BCUT2D eigenvalue weighted by molar-refractivity contribution is 6.07. The molecule has 3 aromatic rings. The highest BCUT2D eigenvalue weighted by atomic mass is 16.5. The van der Waals surface area contributed by atoms with Crippen molar-refractivity contribution in [3.8, 4) is 5.75 Å². The van der Waals surface area contributed by atoms with Crippen molar-refractivity contribution in [2.45, 2.75) is 13.8 Å². The van der Waals surface area contributed by atoms with Gasteiger partial charge in [0.05, 0.1) is 12.8 Å². The summed E-state index contributed by atoms with van der Waals surface area (Å²) in [6.07, 6.45) is 0. The first-order chi connectivity index (χ1) is 13.5. The van der Waals surface area contributed by atoms with Crippen LogP contribution in [0.3, 0.4) is 0 Å². The van der Waals surface area contributed by atoms with E-state index in [-0.39, 0.29) is 11.8 Å². The van der Waals surface area contributed by atoms with Crippen LogP contribution in [0.15, 0.2) is 66.7 Å². The zero-order chi connectivity index (χ0) is 20.1. The fourth-order valence-electron chi connectivity index (χ4n) is 2.80. The number of ether oxygens (including phenoxy) is 1. The van der Waals surface area contributed by atoms with E-state index in [0.29, 0.717) is 22.6 Å². The molecule has 3 rings (SSSR count). The molecule has 0 saturated heterocycles. The van der Waals surface area contributed by atoms with Crippen LogP contribution >= 0.6 is 0 Å². The van der Waals surface area contributed by atoms with Crippen LogP contribution in [0.2, 0.25) is 0 Å². The fourth-order valence-corrected chi connectivity index (χ4v) is 2.80. The van der Waals surface area contributed by atoms with Crippen molar-refractivity contribution < 1.29 is 14.3 Å². The van der Waals surface area contributed by atoms with Crippen LogP contribution in [0.4, 0.5) is 11.4 Å². The van der Waals surface area contributed by atoms with Crippen molar-refractivity contribution in [3.05, 3.63) is 89.0 Å². The minimum Gasteiger partial charge on any atom is -0.495 e. The topological polar surface area (TPSA) is 67.4 Å². The van der Waals surface area contributed by atoms with Crippen molar-refractivity contribution in [2.24, 2.45) is 0 Å². The summed E-state index contributed by atoms with van der Waals surface area (Å²) >= 11 is 0. The number of carbonyl (C=O) groups excluding carboxylic acids is 2. The molecule has 0 aliphatic heterocycles. The minimum absolute atomic E-state index is 0.217. The molecule has 0 atom stereocenters. The molecule has 0 fully saturated rings. The molecule has 0 aliphatic rings. The fraction of sp³-hybridized carbons (Fsp3) is 0.130. The van der Waals surface area contributed by atoms with Crippen LogP contribution in [0.1, 0.15) is 31.8 Å². The maximum Gasteiger partial charge on any atom is 0.255 e. The van der Waals surface area contributed by atoms with Crippen LogP contribution in [0.5, 0.6) is 5.75 Å². The average Bonchev–Trinajstić information content (AvgIpc) is 2.72. The number of rotatable bonds is 5. The molecular formula is C23H22N2O3. The molecule has 28 heavy (non-hydrogen) atoms. The van der Waals surface area contributed by atoms with Gasteiger partial charge in [0.1, 0.15) is 5.75 Å². The molecule has 0 saturated carbocycles. The molecule has 0 unspecified atom stereocenters. The Balaban J connectivity index is 1.71. The number of amides is 2. The van der Waals surface area contributed by atoms with Gasteiger partial charge in [0.15, 0.2) is 0 Å². The molecule has 2 amide bonds. The number of anilines is 2. The molecule has 0 aromatic heterocycles. The maximum atomic E-state index is 12.5. The second-order valence-electron chi connectivity index (χ2n) is 6.43. The predicted octanol–water partition coefficient (Wildman–Crippen LogP) is 4.82. The van der Waals surface area contributed by atoms with Crippen LogP contribution in [0.25, 0.3) is 0 Å². The summed E-state index contributed by atoms with van der Waals surface area (Å²) in [6, 6.07) is 19.5. The third kappa shape index (κ3) is 4.20. The van der Waals surface area contributed by atoms with Gasteiger partial charge in [-0.2, -0.15) is 0 Å². The van der Waals surface area contributed by atoms with Gasteiger partial charge < -0.3 is 15.4 Å². The lowest BCUT2D eigenvalue weighted by molar-refractivity contribution is 0.101. The molecule has 142 valence electrons. The first-order valence-corrected chi connectivity index (χ1v) is 8.91. The van der Waals surface area contributed by atoms with Gasteiger partial charge >= 0.3 is 0 Å². The Morgan fingerprint density at radius 3 is 1.86 bits per heavy atom. The molecule has 2 N–H and O–H groups in total. The lowest BCUT2D eigenvalue weighted by Gasteiger charge is -2.11. The molecule has 0 heterocycles. The summed E-state index contributed by atoms with van der Waals surface area (Å²) in [6.45, 7) is 3.97. The number of carbonyl (C=O) groups is 2. The van der Waals surface area contributed by atoms with Crippen LogP contribution < -0.4 is 15.4 Å². The summed E-state index contributed by atoms with van der Waals surface area (Å²) in [7, 11) is 1.55. The molecule has 5 heteroatoms. The van der Waals surface area contributed by atoms with Gasteiger partial charge in [0.25, 0.3) is 11.8 Å².